The number of rotatable bonds is 6. The molecule has 1 aliphatic heterocycles. The molecule has 2 fully saturated rings. The lowest BCUT2D eigenvalue weighted by Gasteiger charge is -2.29. The summed E-state index contributed by atoms with van der Waals surface area (Å²) in [4.78, 5) is 26.1. The molecule has 2 aromatic carbocycles. The zero-order valence-corrected chi connectivity index (χ0v) is 18.5. The van der Waals surface area contributed by atoms with E-state index in [1.807, 2.05) is 18.2 Å². The quantitative estimate of drug-likeness (QED) is 0.241. The van der Waals surface area contributed by atoms with Gasteiger partial charge in [0.15, 0.2) is 0 Å². The number of para-hydroxylation sites is 1. The van der Waals surface area contributed by atoms with Gasteiger partial charge in [0.2, 0.25) is 0 Å². The number of nitro benzene ring substituents is 1. The van der Waals surface area contributed by atoms with Gasteiger partial charge < -0.3 is 4.74 Å². The first-order chi connectivity index (χ1) is 15.0. The molecule has 160 valence electrons. The van der Waals surface area contributed by atoms with Crippen molar-refractivity contribution in [1.82, 2.24) is 4.90 Å². The second-order valence-corrected chi connectivity index (χ2v) is 9.26. The maximum absolute atomic E-state index is 12.9. The third kappa shape index (κ3) is 4.97. The molecule has 2 aromatic rings. The van der Waals surface area contributed by atoms with Crippen LogP contribution in [-0.2, 0) is 11.4 Å². The van der Waals surface area contributed by atoms with E-state index in [0.717, 1.165) is 31.2 Å². The molecule has 1 amide bonds. The monoisotopic (exact) mass is 454 g/mol. The van der Waals surface area contributed by atoms with Gasteiger partial charge in [-0.2, -0.15) is 0 Å². The molecule has 1 heterocycles. The Balaban J connectivity index is 1.42. The highest BCUT2D eigenvalue weighted by molar-refractivity contribution is 8.26. The first-order valence-electron chi connectivity index (χ1n) is 10.2. The lowest BCUT2D eigenvalue weighted by atomic mass is 9.94. The smallest absolute Gasteiger partial charge is 0.276 e. The summed E-state index contributed by atoms with van der Waals surface area (Å²) in [6, 6.07) is 14.1. The summed E-state index contributed by atoms with van der Waals surface area (Å²) in [6.45, 7) is 0.108. The highest BCUT2D eigenvalue weighted by Gasteiger charge is 2.37. The predicted octanol–water partition coefficient (Wildman–Crippen LogP) is 5.71. The summed E-state index contributed by atoms with van der Waals surface area (Å²) < 4.78 is 6.36. The molecule has 0 N–H and O–H groups in total. The van der Waals surface area contributed by atoms with Crippen molar-refractivity contribution in [3.8, 4) is 5.75 Å². The zero-order valence-electron chi connectivity index (χ0n) is 16.9. The summed E-state index contributed by atoms with van der Waals surface area (Å²) in [5, 5.41) is 11.1. The number of benzene rings is 2. The van der Waals surface area contributed by atoms with Gasteiger partial charge in [-0.05, 0) is 42.7 Å². The van der Waals surface area contributed by atoms with Gasteiger partial charge in [0, 0.05) is 12.1 Å². The number of hydrogen-bond acceptors (Lipinski definition) is 6. The SMILES string of the molecule is O=C1/C(=C/c2ccc(OCc3ccccc3[N+](=O)[O-])cc2)SC(=S)N1C1CCCCC1. The summed E-state index contributed by atoms with van der Waals surface area (Å²) in [7, 11) is 0. The summed E-state index contributed by atoms with van der Waals surface area (Å²) in [6.07, 6.45) is 7.42. The van der Waals surface area contributed by atoms with Crippen molar-refractivity contribution >= 4 is 46.0 Å². The van der Waals surface area contributed by atoms with Gasteiger partial charge in [-0.15, -0.1) is 0 Å². The van der Waals surface area contributed by atoms with Crippen LogP contribution >= 0.6 is 24.0 Å². The molecule has 4 rings (SSSR count). The minimum absolute atomic E-state index is 0.00128. The molecule has 31 heavy (non-hydrogen) atoms. The molecule has 8 heteroatoms. The van der Waals surface area contributed by atoms with Gasteiger partial charge in [0.05, 0.1) is 15.4 Å². The van der Waals surface area contributed by atoms with E-state index >= 15 is 0 Å². The molecular formula is C23H22N2O4S2. The van der Waals surface area contributed by atoms with Crippen molar-refractivity contribution in [1.29, 1.82) is 0 Å². The maximum Gasteiger partial charge on any atom is 0.276 e. The highest BCUT2D eigenvalue weighted by Crippen LogP contribution is 2.37. The number of amides is 1. The molecular weight excluding hydrogens is 432 g/mol. The maximum atomic E-state index is 12.9. The van der Waals surface area contributed by atoms with Crippen molar-refractivity contribution in [3.05, 3.63) is 74.7 Å². The number of ether oxygens (including phenoxy) is 1. The van der Waals surface area contributed by atoms with Crippen molar-refractivity contribution in [2.24, 2.45) is 0 Å². The zero-order chi connectivity index (χ0) is 21.8. The minimum atomic E-state index is -0.411. The van der Waals surface area contributed by atoms with E-state index in [1.165, 1.54) is 24.2 Å². The van der Waals surface area contributed by atoms with E-state index in [4.69, 9.17) is 17.0 Å². The Morgan fingerprint density at radius 3 is 2.55 bits per heavy atom. The number of thioether (sulfide) groups is 1. The fourth-order valence-corrected chi connectivity index (χ4v) is 5.32. The largest absolute Gasteiger partial charge is 0.489 e. The lowest BCUT2D eigenvalue weighted by molar-refractivity contribution is -0.385. The van der Waals surface area contributed by atoms with Crippen LogP contribution < -0.4 is 4.74 Å². The summed E-state index contributed by atoms with van der Waals surface area (Å²) >= 11 is 6.84. The van der Waals surface area contributed by atoms with Crippen molar-refractivity contribution in [2.45, 2.75) is 44.8 Å². The first kappa shape index (κ1) is 21.5. The average Bonchev–Trinajstić information content (AvgIpc) is 3.06. The van der Waals surface area contributed by atoms with Crippen LogP contribution in [0.2, 0.25) is 0 Å². The van der Waals surface area contributed by atoms with Crippen molar-refractivity contribution in [2.75, 3.05) is 0 Å². The second kappa shape index (κ2) is 9.62. The fraction of sp³-hybridized carbons (Fsp3) is 0.304. The normalized spacial score (nSPS) is 18.6. The third-order valence-electron chi connectivity index (χ3n) is 5.52. The Morgan fingerprint density at radius 1 is 1.13 bits per heavy atom. The average molecular weight is 455 g/mol. The van der Waals surface area contributed by atoms with E-state index in [9.17, 15) is 14.9 Å². The van der Waals surface area contributed by atoms with Crippen molar-refractivity contribution < 1.29 is 14.5 Å². The number of hydrogen-bond donors (Lipinski definition) is 0. The predicted molar refractivity (Wildman–Crippen MR) is 126 cm³/mol. The van der Waals surface area contributed by atoms with E-state index in [2.05, 4.69) is 0 Å². The van der Waals surface area contributed by atoms with E-state index < -0.39 is 4.92 Å². The van der Waals surface area contributed by atoms with Crippen molar-refractivity contribution in [3.63, 3.8) is 0 Å². The van der Waals surface area contributed by atoms with Crippen LogP contribution in [0.4, 0.5) is 5.69 Å². The van der Waals surface area contributed by atoms with Gasteiger partial charge in [0.25, 0.3) is 11.6 Å². The Bertz CT molecular complexity index is 1030. The number of nitro groups is 1. The van der Waals surface area contributed by atoms with Gasteiger partial charge in [0.1, 0.15) is 16.7 Å². The number of carbonyl (C=O) groups excluding carboxylic acids is 1. The number of nitrogens with zero attached hydrogens (tertiary/aromatic N) is 2. The highest BCUT2D eigenvalue weighted by atomic mass is 32.2. The molecule has 0 atom stereocenters. The van der Waals surface area contributed by atoms with E-state index in [-0.39, 0.29) is 24.2 Å². The standard InChI is InChI=1S/C23H22N2O4S2/c26-22-21(31-23(30)24(22)18-7-2-1-3-8-18)14-16-10-12-19(13-11-16)29-15-17-6-4-5-9-20(17)25(27)28/h4-6,9-14,18H,1-3,7-8,15H2/b21-14-. The molecule has 6 nitrogen and oxygen atoms in total. The Hall–Kier alpha value is -2.71. The lowest BCUT2D eigenvalue weighted by Crippen LogP contribution is -2.39. The Labute approximate surface area is 190 Å². The van der Waals surface area contributed by atoms with Crippen LogP contribution in [0, 0.1) is 10.1 Å². The molecule has 1 saturated carbocycles. The number of thiocarbonyl (C=S) groups is 1. The Kier molecular flexibility index (Phi) is 6.67. The van der Waals surface area contributed by atoms with E-state index in [1.54, 1.807) is 35.2 Å². The number of carbonyl (C=O) groups is 1. The topological polar surface area (TPSA) is 72.7 Å². The molecule has 1 aliphatic carbocycles. The van der Waals surface area contributed by atoms with Gasteiger partial charge in [-0.1, -0.05) is 67.5 Å². The molecule has 0 aromatic heterocycles. The summed E-state index contributed by atoms with van der Waals surface area (Å²) in [5.74, 6) is 0.601. The Morgan fingerprint density at radius 2 is 1.84 bits per heavy atom. The molecule has 0 radical (unpaired) electrons. The van der Waals surface area contributed by atoms with E-state index in [0.29, 0.717) is 20.5 Å². The molecule has 1 saturated heterocycles. The van der Waals surface area contributed by atoms with Crippen LogP contribution in [0.5, 0.6) is 5.75 Å². The molecule has 0 spiro atoms. The molecule has 0 bridgehead atoms. The minimum Gasteiger partial charge on any atom is -0.489 e. The second-order valence-electron chi connectivity index (χ2n) is 7.59. The molecule has 2 aliphatic rings. The van der Waals surface area contributed by atoms with Gasteiger partial charge in [-0.25, -0.2) is 0 Å². The van der Waals surface area contributed by atoms with Gasteiger partial charge >= 0.3 is 0 Å². The van der Waals surface area contributed by atoms with Crippen LogP contribution in [0.25, 0.3) is 6.08 Å². The summed E-state index contributed by atoms with van der Waals surface area (Å²) in [5.41, 5.74) is 1.43. The van der Waals surface area contributed by atoms with Gasteiger partial charge in [-0.3, -0.25) is 19.8 Å². The van der Waals surface area contributed by atoms with Crippen LogP contribution in [0.1, 0.15) is 43.2 Å². The molecule has 0 unspecified atom stereocenters. The third-order valence-corrected chi connectivity index (χ3v) is 6.85. The van der Waals surface area contributed by atoms with Crippen LogP contribution in [-0.4, -0.2) is 26.1 Å². The van der Waals surface area contributed by atoms with Crippen LogP contribution in [0.3, 0.4) is 0 Å². The van der Waals surface area contributed by atoms with Crippen LogP contribution in [0.15, 0.2) is 53.4 Å². The first-order valence-corrected chi connectivity index (χ1v) is 11.5. The fourth-order valence-electron chi connectivity index (χ4n) is 3.92.